The molecule has 0 saturated carbocycles. The molecule has 3 aromatic carbocycles. The van der Waals surface area contributed by atoms with E-state index < -0.39 is 36.5 Å². The van der Waals surface area contributed by atoms with Crippen molar-refractivity contribution in [1.82, 2.24) is 10.6 Å². The quantitative estimate of drug-likeness (QED) is 0.316. The van der Waals surface area contributed by atoms with Crippen molar-refractivity contribution < 1.29 is 24.6 Å². The number of benzene rings is 3. The van der Waals surface area contributed by atoms with Crippen molar-refractivity contribution >= 4 is 29.2 Å². The molecule has 0 aliphatic rings. The molecule has 0 heterocycles. The maximum absolute atomic E-state index is 12.7. The van der Waals surface area contributed by atoms with Gasteiger partial charge in [0.05, 0.1) is 24.4 Å². The van der Waals surface area contributed by atoms with E-state index >= 15 is 0 Å². The number of amides is 2. The zero-order chi connectivity index (χ0) is 25.0. The molecule has 9 heteroatoms. The summed E-state index contributed by atoms with van der Waals surface area (Å²) in [4.78, 5) is 36.6. The van der Waals surface area contributed by atoms with Crippen molar-refractivity contribution in [3.05, 3.63) is 96.1 Å². The van der Waals surface area contributed by atoms with Crippen molar-refractivity contribution in [1.29, 1.82) is 0 Å². The molecular formula is C26H26N4O5. The van der Waals surface area contributed by atoms with Gasteiger partial charge in [0.25, 0.3) is 0 Å². The van der Waals surface area contributed by atoms with Crippen molar-refractivity contribution in [2.75, 3.05) is 6.61 Å². The van der Waals surface area contributed by atoms with E-state index in [1.165, 1.54) is 0 Å². The van der Waals surface area contributed by atoms with E-state index in [2.05, 4.69) is 20.9 Å². The summed E-state index contributed by atoms with van der Waals surface area (Å²) in [6.45, 7) is -0.763. The normalized spacial score (nSPS) is 12.6. The number of carbonyl (C=O) groups is 3. The fraction of sp³-hybridized carbons (Fsp3) is 0.192. The van der Waals surface area contributed by atoms with Gasteiger partial charge in [-0.15, -0.1) is 0 Å². The van der Waals surface area contributed by atoms with E-state index in [0.29, 0.717) is 11.3 Å². The molecule has 0 radical (unpaired) electrons. The molecule has 0 aliphatic heterocycles. The molecule has 35 heavy (non-hydrogen) atoms. The fourth-order valence-electron chi connectivity index (χ4n) is 3.24. The summed E-state index contributed by atoms with van der Waals surface area (Å²) in [7, 11) is 0. The molecule has 2 atom stereocenters. The first-order chi connectivity index (χ1) is 16.9. The molecule has 3 rings (SSSR count). The smallest absolute Gasteiger partial charge is 0.328 e. The Morgan fingerprint density at radius 3 is 1.86 bits per heavy atom. The second kappa shape index (κ2) is 12.8. The number of carboxylic acid groups (broad SMARTS) is 1. The zero-order valence-corrected chi connectivity index (χ0v) is 18.9. The van der Waals surface area contributed by atoms with E-state index in [0.717, 1.165) is 11.3 Å². The highest BCUT2D eigenvalue weighted by atomic mass is 16.4. The minimum absolute atomic E-state index is 0.0109. The third-order valence-corrected chi connectivity index (χ3v) is 5.07. The number of hydrogen-bond donors (Lipinski definition) is 4. The predicted octanol–water partition coefficient (Wildman–Crippen LogP) is 2.93. The molecule has 0 unspecified atom stereocenters. The first kappa shape index (κ1) is 25.3. The lowest BCUT2D eigenvalue weighted by atomic mass is 10.0. The van der Waals surface area contributed by atoms with Crippen LogP contribution in [-0.4, -0.2) is 46.7 Å². The summed E-state index contributed by atoms with van der Waals surface area (Å²) in [5, 5.41) is 31.6. The average Bonchev–Trinajstić information content (AvgIpc) is 2.87. The molecule has 0 fully saturated rings. The molecular weight excluding hydrogens is 448 g/mol. The highest BCUT2D eigenvalue weighted by Crippen LogP contribution is 2.18. The monoisotopic (exact) mass is 474 g/mol. The van der Waals surface area contributed by atoms with Crippen LogP contribution in [0.4, 0.5) is 11.4 Å². The van der Waals surface area contributed by atoms with Gasteiger partial charge < -0.3 is 20.8 Å². The van der Waals surface area contributed by atoms with Crippen LogP contribution in [0, 0.1) is 0 Å². The SMILES string of the molecule is O=C(Cc1ccc(N=Nc2ccccc2)cc1)N[C@@H](Cc1ccccc1)C(=O)N[C@@H](CO)C(=O)O. The summed E-state index contributed by atoms with van der Waals surface area (Å²) < 4.78 is 0. The summed E-state index contributed by atoms with van der Waals surface area (Å²) >= 11 is 0. The highest BCUT2D eigenvalue weighted by molar-refractivity contribution is 5.91. The number of aliphatic hydroxyl groups excluding tert-OH is 1. The number of hydrogen-bond acceptors (Lipinski definition) is 6. The fourth-order valence-corrected chi connectivity index (χ4v) is 3.24. The largest absolute Gasteiger partial charge is 0.480 e. The van der Waals surface area contributed by atoms with Gasteiger partial charge in [-0.3, -0.25) is 9.59 Å². The van der Waals surface area contributed by atoms with Crippen molar-refractivity contribution in [2.24, 2.45) is 10.2 Å². The second-order valence-corrected chi connectivity index (χ2v) is 7.77. The minimum Gasteiger partial charge on any atom is -0.480 e. The summed E-state index contributed by atoms with van der Waals surface area (Å²) in [6, 6.07) is 22.8. The van der Waals surface area contributed by atoms with Crippen LogP contribution in [0.2, 0.25) is 0 Å². The third-order valence-electron chi connectivity index (χ3n) is 5.07. The molecule has 0 saturated heterocycles. The molecule has 9 nitrogen and oxygen atoms in total. The van der Waals surface area contributed by atoms with Gasteiger partial charge in [0.1, 0.15) is 12.1 Å². The Kier molecular flexibility index (Phi) is 9.21. The lowest BCUT2D eigenvalue weighted by molar-refractivity contribution is -0.143. The van der Waals surface area contributed by atoms with E-state index in [-0.39, 0.29) is 12.8 Å². The Morgan fingerprint density at radius 1 is 0.714 bits per heavy atom. The number of azo groups is 1. The van der Waals surface area contributed by atoms with Gasteiger partial charge in [0.2, 0.25) is 11.8 Å². The highest BCUT2D eigenvalue weighted by Gasteiger charge is 2.26. The molecule has 0 spiro atoms. The average molecular weight is 475 g/mol. The van der Waals surface area contributed by atoms with E-state index in [1.807, 2.05) is 36.4 Å². The van der Waals surface area contributed by atoms with Crippen LogP contribution >= 0.6 is 0 Å². The minimum atomic E-state index is -1.46. The van der Waals surface area contributed by atoms with Gasteiger partial charge in [-0.25, -0.2) is 4.79 Å². The maximum Gasteiger partial charge on any atom is 0.328 e. The van der Waals surface area contributed by atoms with Gasteiger partial charge in [-0.2, -0.15) is 10.2 Å². The van der Waals surface area contributed by atoms with Crippen molar-refractivity contribution in [3.8, 4) is 0 Å². The van der Waals surface area contributed by atoms with Crippen LogP contribution < -0.4 is 10.6 Å². The van der Waals surface area contributed by atoms with Gasteiger partial charge in [-0.05, 0) is 35.4 Å². The van der Waals surface area contributed by atoms with Gasteiger partial charge in [-0.1, -0.05) is 60.7 Å². The summed E-state index contributed by atoms with van der Waals surface area (Å²) in [5.74, 6) is -2.47. The maximum atomic E-state index is 12.7. The van der Waals surface area contributed by atoms with Crippen LogP contribution in [0.25, 0.3) is 0 Å². The standard InChI is InChI=1S/C26H26N4O5/c31-17-23(26(34)35)28-25(33)22(15-18-7-3-1-4-8-18)27-24(32)16-19-11-13-21(14-12-19)30-29-20-9-5-2-6-10-20/h1-14,22-23,31H,15-17H2,(H,27,32)(H,28,33)(H,34,35)/t22-,23-/m0/s1. The third kappa shape index (κ3) is 8.17. The Hall–Kier alpha value is -4.37. The Bertz CT molecular complexity index is 1150. The Morgan fingerprint density at radius 2 is 1.29 bits per heavy atom. The number of nitrogens with zero attached hydrogens (tertiary/aromatic N) is 2. The molecule has 180 valence electrons. The number of carbonyl (C=O) groups excluding carboxylic acids is 2. The topological polar surface area (TPSA) is 140 Å². The summed E-state index contributed by atoms with van der Waals surface area (Å²) in [6.07, 6.45) is 0.173. The van der Waals surface area contributed by atoms with E-state index in [9.17, 15) is 19.5 Å². The zero-order valence-electron chi connectivity index (χ0n) is 18.9. The predicted molar refractivity (Wildman–Crippen MR) is 129 cm³/mol. The lowest BCUT2D eigenvalue weighted by Crippen LogP contribution is -2.53. The first-order valence-corrected chi connectivity index (χ1v) is 11.0. The number of aliphatic carboxylic acids is 1. The van der Waals surface area contributed by atoms with E-state index in [4.69, 9.17) is 5.11 Å². The molecule has 0 aliphatic carbocycles. The lowest BCUT2D eigenvalue weighted by Gasteiger charge is -2.21. The molecule has 2 amide bonds. The Balaban J connectivity index is 1.64. The van der Waals surface area contributed by atoms with Crippen molar-refractivity contribution in [2.45, 2.75) is 24.9 Å². The number of aliphatic hydroxyl groups is 1. The second-order valence-electron chi connectivity index (χ2n) is 7.77. The molecule has 3 aromatic rings. The summed E-state index contributed by atoms with van der Waals surface area (Å²) in [5.41, 5.74) is 2.85. The van der Waals surface area contributed by atoms with Crippen molar-refractivity contribution in [3.63, 3.8) is 0 Å². The molecule has 4 N–H and O–H groups in total. The van der Waals surface area contributed by atoms with Gasteiger partial charge >= 0.3 is 5.97 Å². The van der Waals surface area contributed by atoms with E-state index in [1.54, 1.807) is 48.5 Å². The van der Waals surface area contributed by atoms with Crippen LogP contribution in [0.3, 0.4) is 0 Å². The first-order valence-electron chi connectivity index (χ1n) is 11.0. The number of rotatable bonds is 11. The molecule has 0 bridgehead atoms. The van der Waals surface area contributed by atoms with Crippen LogP contribution in [0.1, 0.15) is 11.1 Å². The van der Waals surface area contributed by atoms with Crippen LogP contribution in [-0.2, 0) is 27.2 Å². The Labute approximate surface area is 202 Å². The number of nitrogens with one attached hydrogen (secondary N) is 2. The van der Waals surface area contributed by atoms with Crippen LogP contribution in [0.15, 0.2) is 95.2 Å². The van der Waals surface area contributed by atoms with Gasteiger partial charge in [0.15, 0.2) is 0 Å². The van der Waals surface area contributed by atoms with Crippen LogP contribution in [0.5, 0.6) is 0 Å². The van der Waals surface area contributed by atoms with Gasteiger partial charge in [0, 0.05) is 6.42 Å². The number of carboxylic acids is 1. The molecule has 0 aromatic heterocycles.